The fraction of sp³-hybridized carbons (Fsp3) is 0.800. The van der Waals surface area contributed by atoms with Gasteiger partial charge in [-0.1, -0.05) is 6.92 Å². The summed E-state index contributed by atoms with van der Waals surface area (Å²) in [6.45, 7) is 2.96. The number of methoxy groups -OCH3 is 1. The van der Waals surface area contributed by atoms with Crippen molar-refractivity contribution in [3.05, 3.63) is 0 Å². The minimum atomic E-state index is -0.297. The number of esters is 1. The molecule has 1 unspecified atom stereocenters. The summed E-state index contributed by atoms with van der Waals surface area (Å²) in [5.41, 5.74) is 0. The molecule has 1 rings (SSSR count). The lowest BCUT2D eigenvalue weighted by Gasteiger charge is -2.13. The Morgan fingerprint density at radius 2 is 2.33 bits per heavy atom. The molecule has 0 aromatic carbocycles. The van der Waals surface area contributed by atoms with E-state index in [1.807, 2.05) is 0 Å². The topological polar surface area (TPSA) is 67.4 Å². The van der Waals surface area contributed by atoms with Crippen LogP contribution in [-0.2, 0) is 14.3 Å². The van der Waals surface area contributed by atoms with Crippen molar-refractivity contribution < 1.29 is 14.3 Å². The smallest absolute Gasteiger partial charge is 0.310 e. The van der Waals surface area contributed by atoms with Crippen LogP contribution in [0.15, 0.2) is 0 Å². The number of amides is 1. The SMILES string of the molecule is COC(=O)C(C)CNC(=O)[C@@H]1CCCN1. The normalized spacial score (nSPS) is 22.1. The molecule has 5 heteroatoms. The van der Waals surface area contributed by atoms with Crippen LogP contribution in [0.4, 0.5) is 0 Å². The van der Waals surface area contributed by atoms with Gasteiger partial charge in [0.1, 0.15) is 0 Å². The van der Waals surface area contributed by atoms with E-state index >= 15 is 0 Å². The molecule has 2 N–H and O–H groups in total. The maximum Gasteiger partial charge on any atom is 0.310 e. The Labute approximate surface area is 89.6 Å². The monoisotopic (exact) mass is 214 g/mol. The highest BCUT2D eigenvalue weighted by Crippen LogP contribution is 2.05. The van der Waals surface area contributed by atoms with Gasteiger partial charge in [-0.15, -0.1) is 0 Å². The van der Waals surface area contributed by atoms with Crippen molar-refractivity contribution in [2.24, 2.45) is 5.92 Å². The second-order valence-electron chi connectivity index (χ2n) is 3.82. The van der Waals surface area contributed by atoms with Crippen molar-refractivity contribution in [1.29, 1.82) is 0 Å². The lowest BCUT2D eigenvalue weighted by molar-refractivity contribution is -0.144. The van der Waals surface area contributed by atoms with Gasteiger partial charge >= 0.3 is 5.97 Å². The van der Waals surface area contributed by atoms with Gasteiger partial charge < -0.3 is 15.4 Å². The molecule has 1 aliphatic rings. The number of hydrogen-bond acceptors (Lipinski definition) is 4. The largest absolute Gasteiger partial charge is 0.469 e. The fourth-order valence-electron chi connectivity index (χ4n) is 1.57. The van der Waals surface area contributed by atoms with Crippen molar-refractivity contribution in [1.82, 2.24) is 10.6 Å². The highest BCUT2D eigenvalue weighted by Gasteiger charge is 2.23. The molecule has 5 nitrogen and oxygen atoms in total. The maximum absolute atomic E-state index is 11.5. The van der Waals surface area contributed by atoms with Crippen molar-refractivity contribution in [2.75, 3.05) is 20.2 Å². The lowest BCUT2D eigenvalue weighted by Crippen LogP contribution is -2.42. The first-order valence-electron chi connectivity index (χ1n) is 5.24. The third-order valence-corrected chi connectivity index (χ3v) is 2.56. The standard InChI is InChI=1S/C10H18N2O3/c1-7(10(14)15-2)6-12-9(13)8-4-3-5-11-8/h7-8,11H,3-6H2,1-2H3,(H,12,13)/t7?,8-/m0/s1. The van der Waals surface area contributed by atoms with Gasteiger partial charge in [0, 0.05) is 6.54 Å². The summed E-state index contributed by atoms with van der Waals surface area (Å²) in [7, 11) is 1.35. The van der Waals surface area contributed by atoms with E-state index in [1.165, 1.54) is 7.11 Å². The Balaban J connectivity index is 2.24. The second kappa shape index (κ2) is 5.70. The number of carbonyl (C=O) groups excluding carboxylic acids is 2. The predicted octanol–water partition coefficient (Wildman–Crippen LogP) is -0.336. The summed E-state index contributed by atoms with van der Waals surface area (Å²) in [5.74, 6) is -0.613. The molecule has 86 valence electrons. The van der Waals surface area contributed by atoms with Gasteiger partial charge in [-0.05, 0) is 19.4 Å². The highest BCUT2D eigenvalue weighted by molar-refractivity contribution is 5.82. The van der Waals surface area contributed by atoms with Gasteiger partial charge in [-0.3, -0.25) is 9.59 Å². The minimum Gasteiger partial charge on any atom is -0.469 e. The van der Waals surface area contributed by atoms with Gasteiger partial charge in [-0.25, -0.2) is 0 Å². The Hall–Kier alpha value is -1.10. The van der Waals surface area contributed by atoms with E-state index in [1.54, 1.807) is 6.92 Å². The predicted molar refractivity (Wildman–Crippen MR) is 55.2 cm³/mol. The number of carbonyl (C=O) groups is 2. The van der Waals surface area contributed by atoms with E-state index in [-0.39, 0.29) is 23.8 Å². The third kappa shape index (κ3) is 3.51. The molecule has 1 heterocycles. The lowest BCUT2D eigenvalue weighted by atomic mass is 10.1. The molecule has 0 aliphatic carbocycles. The zero-order valence-corrected chi connectivity index (χ0v) is 9.21. The van der Waals surface area contributed by atoms with Gasteiger partial charge in [0.2, 0.25) is 5.91 Å². The summed E-state index contributed by atoms with van der Waals surface area (Å²) >= 11 is 0. The summed E-state index contributed by atoms with van der Waals surface area (Å²) in [5, 5.41) is 5.83. The Morgan fingerprint density at radius 1 is 1.60 bits per heavy atom. The average Bonchev–Trinajstić information content (AvgIpc) is 2.77. The molecule has 15 heavy (non-hydrogen) atoms. The van der Waals surface area contributed by atoms with Gasteiger partial charge in [0.25, 0.3) is 0 Å². The summed E-state index contributed by atoms with van der Waals surface area (Å²) in [6, 6.07) is -0.0881. The third-order valence-electron chi connectivity index (χ3n) is 2.56. The Kier molecular flexibility index (Phi) is 4.55. The molecule has 0 spiro atoms. The van der Waals surface area contributed by atoms with Crippen LogP contribution in [-0.4, -0.2) is 38.1 Å². The van der Waals surface area contributed by atoms with Crippen LogP contribution >= 0.6 is 0 Å². The second-order valence-corrected chi connectivity index (χ2v) is 3.82. The first-order valence-corrected chi connectivity index (χ1v) is 5.24. The summed E-state index contributed by atoms with van der Waals surface area (Å²) < 4.78 is 4.56. The van der Waals surface area contributed by atoms with E-state index in [2.05, 4.69) is 15.4 Å². The summed E-state index contributed by atoms with van der Waals surface area (Å²) in [6.07, 6.45) is 1.91. The molecule has 0 saturated carbocycles. The molecule has 0 aromatic heterocycles. The van der Waals surface area contributed by atoms with Crippen LogP contribution in [0.25, 0.3) is 0 Å². The highest BCUT2D eigenvalue weighted by atomic mass is 16.5. The van der Waals surface area contributed by atoms with Crippen molar-refractivity contribution in [3.8, 4) is 0 Å². The Bertz CT molecular complexity index is 237. The molecule has 0 aromatic rings. The van der Waals surface area contributed by atoms with Crippen LogP contribution in [0, 0.1) is 5.92 Å². The molecular weight excluding hydrogens is 196 g/mol. The molecule has 2 atom stereocenters. The van der Waals surface area contributed by atoms with E-state index < -0.39 is 0 Å². The van der Waals surface area contributed by atoms with Crippen molar-refractivity contribution >= 4 is 11.9 Å². The van der Waals surface area contributed by atoms with Crippen LogP contribution in [0.2, 0.25) is 0 Å². The van der Waals surface area contributed by atoms with E-state index in [9.17, 15) is 9.59 Å². The van der Waals surface area contributed by atoms with Crippen molar-refractivity contribution in [2.45, 2.75) is 25.8 Å². The number of rotatable bonds is 4. The van der Waals surface area contributed by atoms with Gasteiger partial charge in [-0.2, -0.15) is 0 Å². The van der Waals surface area contributed by atoms with E-state index in [4.69, 9.17) is 0 Å². The first-order chi connectivity index (χ1) is 7.15. The number of hydrogen-bond donors (Lipinski definition) is 2. The van der Waals surface area contributed by atoms with Gasteiger partial charge in [0.05, 0.1) is 19.1 Å². The minimum absolute atomic E-state index is 0.0248. The van der Waals surface area contributed by atoms with Crippen LogP contribution in [0.1, 0.15) is 19.8 Å². The average molecular weight is 214 g/mol. The maximum atomic E-state index is 11.5. The van der Waals surface area contributed by atoms with E-state index in [0.717, 1.165) is 19.4 Å². The summed E-state index contributed by atoms with van der Waals surface area (Å²) in [4.78, 5) is 22.6. The van der Waals surface area contributed by atoms with E-state index in [0.29, 0.717) is 6.54 Å². The van der Waals surface area contributed by atoms with Crippen LogP contribution in [0.5, 0.6) is 0 Å². The molecular formula is C10H18N2O3. The molecule has 1 amide bonds. The fourth-order valence-corrected chi connectivity index (χ4v) is 1.57. The number of ether oxygens (including phenoxy) is 1. The molecule has 1 saturated heterocycles. The number of nitrogens with one attached hydrogen (secondary N) is 2. The quantitative estimate of drug-likeness (QED) is 0.628. The van der Waals surface area contributed by atoms with Gasteiger partial charge in [0.15, 0.2) is 0 Å². The zero-order chi connectivity index (χ0) is 11.3. The molecule has 1 fully saturated rings. The van der Waals surface area contributed by atoms with Crippen LogP contribution in [0.3, 0.4) is 0 Å². The molecule has 1 aliphatic heterocycles. The van der Waals surface area contributed by atoms with Crippen LogP contribution < -0.4 is 10.6 Å². The zero-order valence-electron chi connectivity index (χ0n) is 9.21. The van der Waals surface area contributed by atoms with Crippen molar-refractivity contribution in [3.63, 3.8) is 0 Å². The molecule has 0 radical (unpaired) electrons. The molecule has 0 bridgehead atoms. The Morgan fingerprint density at radius 3 is 2.87 bits per heavy atom. The first kappa shape index (κ1) is 12.0.